The number of hydrogen-bond acceptors (Lipinski definition) is 8. The first-order valence-electron chi connectivity index (χ1n) is 8.65. The summed E-state index contributed by atoms with van der Waals surface area (Å²) in [6, 6.07) is 0. The normalized spacial score (nSPS) is 31.2. The van der Waals surface area contributed by atoms with Crippen molar-refractivity contribution in [3.05, 3.63) is 0 Å². The maximum absolute atomic E-state index is 8.09. The van der Waals surface area contributed by atoms with Gasteiger partial charge in [0.25, 0.3) is 0 Å². The molecule has 0 spiro atoms. The number of aliphatic hydroxyl groups is 2. The molecule has 24 heavy (non-hydrogen) atoms. The predicted molar refractivity (Wildman–Crippen MR) is 84.0 cm³/mol. The molecule has 0 radical (unpaired) electrons. The van der Waals surface area contributed by atoms with Gasteiger partial charge >= 0.3 is 0 Å². The molecule has 4 heterocycles. The summed E-state index contributed by atoms with van der Waals surface area (Å²) in [7, 11) is 0. The second kappa shape index (κ2) is 12.1. The molecular weight excluding hydrogens is 320 g/mol. The quantitative estimate of drug-likeness (QED) is 0.374. The summed E-state index contributed by atoms with van der Waals surface area (Å²) >= 11 is 0. The zero-order valence-corrected chi connectivity index (χ0v) is 14.1. The fourth-order valence-corrected chi connectivity index (χ4v) is 1.54. The molecule has 0 amide bonds. The van der Waals surface area contributed by atoms with Gasteiger partial charge < -0.3 is 38.6 Å². The lowest BCUT2D eigenvalue weighted by atomic mass is 10.3. The standard InChI is InChI=1S/2C6H10O3.C4H10O2/c2*1(5-3-8-5)7-2-6-4-9-6;5-3-1-2-4-6/h2*5-6H,1-4H2;5-6H,1-4H2. The molecule has 0 aromatic rings. The zero-order valence-electron chi connectivity index (χ0n) is 14.1. The molecule has 4 aliphatic heterocycles. The summed E-state index contributed by atoms with van der Waals surface area (Å²) < 4.78 is 30.2. The average Bonchev–Trinajstić information content (AvgIpc) is 3.42. The Labute approximate surface area is 142 Å². The highest BCUT2D eigenvalue weighted by Crippen LogP contribution is 2.13. The van der Waals surface area contributed by atoms with Crippen LogP contribution in [0.15, 0.2) is 0 Å². The van der Waals surface area contributed by atoms with Gasteiger partial charge in [0.1, 0.15) is 24.4 Å². The van der Waals surface area contributed by atoms with Gasteiger partial charge in [-0.15, -0.1) is 0 Å². The van der Waals surface area contributed by atoms with Crippen LogP contribution in [-0.2, 0) is 28.4 Å². The lowest BCUT2D eigenvalue weighted by Gasteiger charge is -1.95. The molecule has 0 aromatic carbocycles. The van der Waals surface area contributed by atoms with E-state index in [-0.39, 0.29) is 13.2 Å². The number of hydrogen-bond donors (Lipinski definition) is 2. The first-order valence-corrected chi connectivity index (χ1v) is 8.65. The molecule has 4 fully saturated rings. The zero-order chi connectivity index (χ0) is 17.0. The van der Waals surface area contributed by atoms with Crippen molar-refractivity contribution in [2.75, 3.05) is 66.1 Å². The van der Waals surface area contributed by atoms with Gasteiger partial charge in [-0.1, -0.05) is 0 Å². The summed E-state index contributed by atoms with van der Waals surface area (Å²) in [5.41, 5.74) is 0. The molecule has 4 unspecified atom stereocenters. The smallest absolute Gasteiger partial charge is 0.104 e. The van der Waals surface area contributed by atoms with E-state index < -0.39 is 0 Å². The maximum Gasteiger partial charge on any atom is 0.104 e. The van der Waals surface area contributed by atoms with Crippen LogP contribution >= 0.6 is 0 Å². The number of ether oxygens (including phenoxy) is 6. The van der Waals surface area contributed by atoms with Crippen LogP contribution in [0.3, 0.4) is 0 Å². The minimum absolute atomic E-state index is 0.195. The molecule has 8 heteroatoms. The minimum Gasteiger partial charge on any atom is -0.396 e. The van der Waals surface area contributed by atoms with Crippen molar-refractivity contribution in [3.8, 4) is 0 Å². The van der Waals surface area contributed by atoms with Crippen LogP contribution in [0.2, 0.25) is 0 Å². The van der Waals surface area contributed by atoms with Crippen molar-refractivity contribution < 1.29 is 38.6 Å². The number of unbranched alkanes of at least 4 members (excludes halogenated alkanes) is 1. The molecule has 2 N–H and O–H groups in total. The van der Waals surface area contributed by atoms with E-state index in [1.165, 1.54) is 0 Å². The van der Waals surface area contributed by atoms with Crippen molar-refractivity contribution in [2.24, 2.45) is 0 Å². The Balaban J connectivity index is 0.000000134. The van der Waals surface area contributed by atoms with Crippen LogP contribution in [0.4, 0.5) is 0 Å². The molecule has 0 bridgehead atoms. The molecule has 0 saturated carbocycles. The third-order valence-corrected chi connectivity index (χ3v) is 3.39. The van der Waals surface area contributed by atoms with Crippen LogP contribution in [0.25, 0.3) is 0 Å². The van der Waals surface area contributed by atoms with E-state index in [2.05, 4.69) is 0 Å². The monoisotopic (exact) mass is 350 g/mol. The van der Waals surface area contributed by atoms with Crippen molar-refractivity contribution in [1.82, 2.24) is 0 Å². The highest BCUT2D eigenvalue weighted by atomic mass is 16.6. The molecule has 0 aliphatic carbocycles. The molecule has 4 saturated heterocycles. The van der Waals surface area contributed by atoms with Gasteiger partial charge in [0.2, 0.25) is 0 Å². The van der Waals surface area contributed by atoms with E-state index in [0.717, 1.165) is 65.7 Å². The molecule has 8 nitrogen and oxygen atoms in total. The third-order valence-electron chi connectivity index (χ3n) is 3.39. The van der Waals surface area contributed by atoms with Crippen molar-refractivity contribution in [2.45, 2.75) is 37.3 Å². The maximum atomic E-state index is 8.09. The Hall–Kier alpha value is -0.320. The Kier molecular flexibility index (Phi) is 10.1. The van der Waals surface area contributed by atoms with Crippen LogP contribution in [0.1, 0.15) is 12.8 Å². The van der Waals surface area contributed by atoms with Crippen LogP contribution < -0.4 is 0 Å². The number of aliphatic hydroxyl groups excluding tert-OH is 2. The van der Waals surface area contributed by atoms with E-state index in [0.29, 0.717) is 24.4 Å². The second-order valence-corrected chi connectivity index (χ2v) is 6.05. The lowest BCUT2D eigenvalue weighted by molar-refractivity contribution is 0.102. The van der Waals surface area contributed by atoms with Gasteiger partial charge in [-0.2, -0.15) is 0 Å². The number of epoxide rings is 4. The largest absolute Gasteiger partial charge is 0.396 e. The van der Waals surface area contributed by atoms with Crippen LogP contribution in [0.5, 0.6) is 0 Å². The van der Waals surface area contributed by atoms with Crippen molar-refractivity contribution >= 4 is 0 Å². The van der Waals surface area contributed by atoms with Gasteiger partial charge in [0, 0.05) is 13.2 Å². The summed E-state index contributed by atoms with van der Waals surface area (Å²) in [6.45, 7) is 6.91. The van der Waals surface area contributed by atoms with Gasteiger partial charge in [-0.3, -0.25) is 0 Å². The Morgan fingerprint density at radius 1 is 0.583 bits per heavy atom. The summed E-state index contributed by atoms with van der Waals surface area (Å²) in [6.07, 6.45) is 3.01. The van der Waals surface area contributed by atoms with Crippen molar-refractivity contribution in [1.29, 1.82) is 0 Å². The average molecular weight is 350 g/mol. The fraction of sp³-hybridized carbons (Fsp3) is 1.00. The van der Waals surface area contributed by atoms with Gasteiger partial charge in [-0.05, 0) is 12.8 Å². The first-order chi connectivity index (χ1) is 11.8. The SMILES string of the molecule is C(OCC1CO1)C1CO1.C(OCC1CO1)C1CO1.OCCCCO. The fourth-order valence-electron chi connectivity index (χ4n) is 1.54. The second-order valence-electron chi connectivity index (χ2n) is 6.05. The Morgan fingerprint density at radius 3 is 1.00 bits per heavy atom. The Bertz CT molecular complexity index is 246. The highest BCUT2D eigenvalue weighted by Gasteiger charge is 2.27. The molecule has 4 atom stereocenters. The van der Waals surface area contributed by atoms with E-state index >= 15 is 0 Å². The molecule has 142 valence electrons. The summed E-state index contributed by atoms with van der Waals surface area (Å²) in [4.78, 5) is 0. The summed E-state index contributed by atoms with van der Waals surface area (Å²) in [5, 5.41) is 16.2. The van der Waals surface area contributed by atoms with Crippen LogP contribution in [-0.4, -0.2) is 101 Å². The molecule has 4 aliphatic rings. The van der Waals surface area contributed by atoms with E-state index in [1.54, 1.807) is 0 Å². The van der Waals surface area contributed by atoms with Gasteiger partial charge in [-0.25, -0.2) is 0 Å². The topological polar surface area (TPSA) is 109 Å². The predicted octanol–water partition coefficient (Wildman–Crippen LogP) is -0.648. The highest BCUT2D eigenvalue weighted by molar-refractivity contribution is 4.71. The third kappa shape index (κ3) is 13.0. The van der Waals surface area contributed by atoms with Gasteiger partial charge in [0.05, 0.1) is 52.9 Å². The Morgan fingerprint density at radius 2 is 0.833 bits per heavy atom. The van der Waals surface area contributed by atoms with E-state index in [4.69, 9.17) is 38.6 Å². The van der Waals surface area contributed by atoms with E-state index in [9.17, 15) is 0 Å². The number of rotatable bonds is 11. The van der Waals surface area contributed by atoms with Crippen molar-refractivity contribution in [3.63, 3.8) is 0 Å². The molecule has 4 rings (SSSR count). The summed E-state index contributed by atoms with van der Waals surface area (Å²) in [5.74, 6) is 0. The van der Waals surface area contributed by atoms with E-state index in [1.807, 2.05) is 0 Å². The van der Waals surface area contributed by atoms with Gasteiger partial charge in [0.15, 0.2) is 0 Å². The minimum atomic E-state index is 0.195. The molecule has 0 aromatic heterocycles. The lowest BCUT2D eigenvalue weighted by Crippen LogP contribution is -2.06. The first kappa shape index (κ1) is 20.0. The molecular formula is C16H30O8. The van der Waals surface area contributed by atoms with Crippen LogP contribution in [0, 0.1) is 0 Å².